The number of rotatable bonds is 1. The number of nitrogens with zero attached hydrogens (tertiary/aromatic N) is 3. The van der Waals surface area contributed by atoms with Gasteiger partial charge in [-0.25, -0.2) is 4.98 Å². The van der Waals surface area contributed by atoms with Gasteiger partial charge in [0.1, 0.15) is 0 Å². The molecule has 0 bridgehead atoms. The predicted molar refractivity (Wildman–Crippen MR) is 78.7 cm³/mol. The molecule has 0 spiro atoms. The summed E-state index contributed by atoms with van der Waals surface area (Å²) in [5.74, 6) is 0. The number of thiol groups is 1. The van der Waals surface area contributed by atoms with Crippen molar-refractivity contribution in [1.82, 2.24) is 14.5 Å². The zero-order chi connectivity index (χ0) is 12.8. The molecule has 1 unspecified atom stereocenters. The van der Waals surface area contributed by atoms with Gasteiger partial charge in [0.05, 0.1) is 22.0 Å². The Kier molecular flexibility index (Phi) is 2.38. The molecule has 1 aliphatic heterocycles. The lowest BCUT2D eigenvalue weighted by Crippen LogP contribution is -2.00. The van der Waals surface area contributed by atoms with E-state index in [2.05, 4.69) is 46.8 Å². The third kappa shape index (κ3) is 1.75. The van der Waals surface area contributed by atoms with Crippen LogP contribution in [0.3, 0.4) is 0 Å². The van der Waals surface area contributed by atoms with Gasteiger partial charge in [0.15, 0.2) is 5.16 Å². The fraction of sp³-hybridized carbons (Fsp3) is 0.200. The predicted octanol–water partition coefficient (Wildman–Crippen LogP) is 3.32. The smallest absolute Gasteiger partial charge is 0.157 e. The highest BCUT2D eigenvalue weighted by molar-refractivity contribution is 7.99. The minimum atomic E-state index is 0.439. The SMILES string of the molecule is Cc1ccc2nc3n(c2c1)CC(c1ccccn1)[SH]3. The van der Waals surface area contributed by atoms with Crippen LogP contribution in [-0.2, 0) is 6.54 Å². The monoisotopic (exact) mass is 268 g/mol. The Hall–Kier alpha value is -1.81. The zero-order valence-electron chi connectivity index (χ0n) is 10.6. The molecule has 3 aromatic rings. The topological polar surface area (TPSA) is 30.7 Å². The summed E-state index contributed by atoms with van der Waals surface area (Å²) in [6, 6.07) is 12.6. The van der Waals surface area contributed by atoms with Gasteiger partial charge in [-0.1, -0.05) is 12.1 Å². The quantitative estimate of drug-likeness (QED) is 0.686. The largest absolute Gasteiger partial charge is 0.318 e. The molecule has 3 nitrogen and oxygen atoms in total. The number of hydrogen-bond donors (Lipinski definition) is 1. The van der Waals surface area contributed by atoms with Gasteiger partial charge in [0, 0.05) is 12.7 Å². The Labute approximate surface area is 115 Å². The molecular weight excluding hydrogens is 254 g/mol. The van der Waals surface area contributed by atoms with E-state index in [9.17, 15) is 0 Å². The summed E-state index contributed by atoms with van der Waals surface area (Å²) in [7, 11) is 0. The van der Waals surface area contributed by atoms with Crippen molar-refractivity contribution in [2.75, 3.05) is 0 Å². The van der Waals surface area contributed by atoms with Crippen LogP contribution >= 0.6 is 11.8 Å². The maximum Gasteiger partial charge on any atom is 0.157 e. The molecule has 1 aromatic carbocycles. The van der Waals surface area contributed by atoms with Crippen molar-refractivity contribution >= 4 is 22.8 Å². The van der Waals surface area contributed by atoms with Crippen LogP contribution in [0.15, 0.2) is 47.8 Å². The Balaban J connectivity index is 1.77. The average molecular weight is 268 g/mol. The van der Waals surface area contributed by atoms with Crippen molar-refractivity contribution in [3.63, 3.8) is 0 Å². The summed E-state index contributed by atoms with van der Waals surface area (Å²) in [5.41, 5.74) is 4.80. The van der Waals surface area contributed by atoms with Crippen LogP contribution in [0.2, 0.25) is 0 Å². The maximum absolute atomic E-state index is 4.73. The molecule has 1 radical (unpaired) electrons. The molecular formula is C15H14N3S. The number of hydrogen-bond acceptors (Lipinski definition) is 2. The highest BCUT2D eigenvalue weighted by atomic mass is 32.2. The lowest BCUT2D eigenvalue weighted by atomic mass is 10.2. The van der Waals surface area contributed by atoms with Gasteiger partial charge >= 0.3 is 0 Å². The molecule has 95 valence electrons. The summed E-state index contributed by atoms with van der Waals surface area (Å²) in [4.78, 5) is 9.21. The van der Waals surface area contributed by atoms with E-state index in [0.29, 0.717) is 5.25 Å². The first-order valence-corrected chi connectivity index (χ1v) is 7.36. The fourth-order valence-electron chi connectivity index (χ4n) is 2.58. The van der Waals surface area contributed by atoms with Gasteiger partial charge in [0.2, 0.25) is 0 Å². The van der Waals surface area contributed by atoms with Gasteiger partial charge < -0.3 is 4.57 Å². The van der Waals surface area contributed by atoms with Crippen LogP contribution in [0.4, 0.5) is 0 Å². The molecule has 1 atom stereocenters. The second-order valence-electron chi connectivity index (χ2n) is 4.91. The molecule has 4 heteroatoms. The van der Waals surface area contributed by atoms with Gasteiger partial charge in [0.25, 0.3) is 0 Å². The number of imidazole rings is 1. The zero-order valence-corrected chi connectivity index (χ0v) is 11.5. The summed E-state index contributed by atoms with van der Waals surface area (Å²) in [5, 5.41) is 1.60. The molecule has 3 heterocycles. The van der Waals surface area contributed by atoms with E-state index in [1.165, 1.54) is 22.8 Å². The minimum Gasteiger partial charge on any atom is -0.318 e. The molecule has 0 fully saturated rings. The van der Waals surface area contributed by atoms with Gasteiger partial charge in [-0.2, -0.15) is 0 Å². The average Bonchev–Trinajstić information content (AvgIpc) is 2.98. The summed E-state index contributed by atoms with van der Waals surface area (Å²) < 4.78 is 2.34. The van der Waals surface area contributed by atoms with Crippen LogP contribution in [0.1, 0.15) is 16.5 Å². The van der Waals surface area contributed by atoms with E-state index in [4.69, 9.17) is 4.98 Å². The van der Waals surface area contributed by atoms with Gasteiger partial charge in [-0.3, -0.25) is 4.98 Å². The summed E-state index contributed by atoms with van der Waals surface area (Å²) in [6.45, 7) is 3.11. The molecule has 0 N–H and O–H groups in total. The summed E-state index contributed by atoms with van der Waals surface area (Å²) in [6.07, 6.45) is 1.87. The van der Waals surface area contributed by atoms with Crippen LogP contribution in [0.5, 0.6) is 0 Å². The second kappa shape index (κ2) is 4.10. The highest BCUT2D eigenvalue weighted by Gasteiger charge is 2.26. The molecule has 1 aliphatic rings. The van der Waals surface area contributed by atoms with Gasteiger partial charge in [-0.15, -0.1) is 11.8 Å². The number of benzene rings is 1. The van der Waals surface area contributed by atoms with E-state index in [1.54, 1.807) is 0 Å². The normalized spacial score (nSPS) is 17.8. The number of fused-ring (bicyclic) bond motifs is 3. The van der Waals surface area contributed by atoms with E-state index in [1.807, 2.05) is 12.3 Å². The molecule has 19 heavy (non-hydrogen) atoms. The third-order valence-electron chi connectivity index (χ3n) is 3.54. The van der Waals surface area contributed by atoms with Crippen LogP contribution < -0.4 is 0 Å². The van der Waals surface area contributed by atoms with E-state index < -0.39 is 0 Å². The van der Waals surface area contributed by atoms with Crippen LogP contribution in [-0.4, -0.2) is 14.5 Å². The number of aromatic nitrogens is 3. The van der Waals surface area contributed by atoms with Crippen molar-refractivity contribution in [3.8, 4) is 0 Å². The first kappa shape index (κ1) is 11.1. The number of pyridine rings is 1. The number of aryl methyl sites for hydroxylation is 1. The Bertz CT molecular complexity index is 749. The van der Waals surface area contributed by atoms with Crippen molar-refractivity contribution < 1.29 is 0 Å². The van der Waals surface area contributed by atoms with E-state index in [0.717, 1.165) is 22.9 Å². The minimum absolute atomic E-state index is 0.439. The Morgan fingerprint density at radius 1 is 1.26 bits per heavy atom. The molecule has 4 rings (SSSR count). The van der Waals surface area contributed by atoms with E-state index >= 15 is 0 Å². The third-order valence-corrected chi connectivity index (χ3v) is 4.85. The highest BCUT2D eigenvalue weighted by Crippen LogP contribution is 2.43. The van der Waals surface area contributed by atoms with Crippen LogP contribution in [0, 0.1) is 6.92 Å². The Morgan fingerprint density at radius 3 is 3.05 bits per heavy atom. The lowest BCUT2D eigenvalue weighted by Gasteiger charge is -2.08. The lowest BCUT2D eigenvalue weighted by molar-refractivity contribution is 0.674. The van der Waals surface area contributed by atoms with Crippen molar-refractivity contribution in [1.29, 1.82) is 0 Å². The summed E-state index contributed by atoms with van der Waals surface area (Å²) >= 11 is 1.26. The standard InChI is InChI=1S/C15H14N3S/c1-10-5-6-11-13(8-10)18-9-14(19-15(18)17-11)12-4-2-3-7-16-12/h2-8,14,19H,9H2,1H3. The fourth-order valence-corrected chi connectivity index (χ4v) is 3.89. The first-order valence-electron chi connectivity index (χ1n) is 6.40. The van der Waals surface area contributed by atoms with Gasteiger partial charge in [-0.05, 0) is 36.8 Å². The molecule has 0 aliphatic carbocycles. The molecule has 0 saturated heterocycles. The van der Waals surface area contributed by atoms with E-state index in [-0.39, 0.29) is 0 Å². The Morgan fingerprint density at radius 2 is 2.21 bits per heavy atom. The molecule has 0 amide bonds. The maximum atomic E-state index is 4.73. The molecule has 0 saturated carbocycles. The van der Waals surface area contributed by atoms with Crippen molar-refractivity contribution in [2.45, 2.75) is 23.9 Å². The first-order chi connectivity index (χ1) is 9.31. The van der Waals surface area contributed by atoms with Crippen molar-refractivity contribution in [3.05, 3.63) is 53.9 Å². The van der Waals surface area contributed by atoms with Crippen LogP contribution in [0.25, 0.3) is 11.0 Å². The van der Waals surface area contributed by atoms with Crippen molar-refractivity contribution in [2.24, 2.45) is 0 Å². The molecule has 2 aromatic heterocycles. The second-order valence-corrected chi connectivity index (χ2v) is 6.20.